The second-order valence-corrected chi connectivity index (χ2v) is 20.9. The van der Waals surface area contributed by atoms with Crippen molar-refractivity contribution in [2.24, 2.45) is 11.8 Å². The number of hydrogen-bond donors (Lipinski definition) is 0. The molecule has 0 aliphatic carbocycles. The molecule has 0 rings (SSSR count). The molecule has 0 saturated carbocycles. The van der Waals surface area contributed by atoms with Crippen LogP contribution in [0.15, 0.2) is 0 Å². The molecule has 1 atom stereocenters. The number of unbranched alkanes of at least 4 members (excludes halogenated alkanes) is 37. The first-order valence-electron chi connectivity index (χ1n) is 28.7. The van der Waals surface area contributed by atoms with Gasteiger partial charge in [0.25, 0.3) is 0 Å². The Morgan fingerprint density at radius 3 is 0.766 bits per heavy atom. The lowest BCUT2D eigenvalue weighted by molar-refractivity contribution is -0.167. The minimum Gasteiger partial charge on any atom is -0.462 e. The van der Waals surface area contributed by atoms with Crippen LogP contribution in [0, 0.1) is 11.8 Å². The molecule has 0 aromatic rings. The summed E-state index contributed by atoms with van der Waals surface area (Å²) in [6, 6.07) is 0. The summed E-state index contributed by atoms with van der Waals surface area (Å²) in [5.41, 5.74) is 0. The summed E-state index contributed by atoms with van der Waals surface area (Å²) in [7, 11) is 0. The van der Waals surface area contributed by atoms with E-state index in [2.05, 4.69) is 34.6 Å². The Hall–Kier alpha value is -1.59. The van der Waals surface area contributed by atoms with Crippen LogP contribution >= 0.6 is 0 Å². The molecular formula is C58H112O6. The zero-order chi connectivity index (χ0) is 46.8. The molecule has 0 aromatic carbocycles. The highest BCUT2D eigenvalue weighted by Gasteiger charge is 2.19. The largest absolute Gasteiger partial charge is 0.462 e. The molecule has 0 bridgehead atoms. The summed E-state index contributed by atoms with van der Waals surface area (Å²) in [5, 5.41) is 0. The topological polar surface area (TPSA) is 78.9 Å². The van der Waals surface area contributed by atoms with Crippen molar-refractivity contribution < 1.29 is 28.6 Å². The van der Waals surface area contributed by atoms with E-state index >= 15 is 0 Å². The Morgan fingerprint density at radius 1 is 0.297 bits per heavy atom. The maximum absolute atomic E-state index is 12.8. The van der Waals surface area contributed by atoms with Crippen molar-refractivity contribution in [1.29, 1.82) is 0 Å². The Bertz CT molecular complexity index is 978. The van der Waals surface area contributed by atoms with Gasteiger partial charge in [0.1, 0.15) is 13.2 Å². The maximum Gasteiger partial charge on any atom is 0.306 e. The maximum atomic E-state index is 12.8. The number of carbonyl (C=O) groups excluding carboxylic acids is 3. The average molecular weight is 906 g/mol. The van der Waals surface area contributed by atoms with Gasteiger partial charge < -0.3 is 14.2 Å². The van der Waals surface area contributed by atoms with Gasteiger partial charge in [-0.3, -0.25) is 14.4 Å². The van der Waals surface area contributed by atoms with Gasteiger partial charge in [0, 0.05) is 19.3 Å². The predicted octanol–water partition coefficient (Wildman–Crippen LogP) is 18.9. The third-order valence-corrected chi connectivity index (χ3v) is 13.2. The van der Waals surface area contributed by atoms with Gasteiger partial charge in [0.2, 0.25) is 0 Å². The van der Waals surface area contributed by atoms with E-state index in [1.165, 1.54) is 212 Å². The number of carbonyl (C=O) groups is 3. The van der Waals surface area contributed by atoms with Crippen LogP contribution in [-0.2, 0) is 28.6 Å². The third kappa shape index (κ3) is 51.4. The van der Waals surface area contributed by atoms with Crippen molar-refractivity contribution in [3.8, 4) is 0 Å². The highest BCUT2D eigenvalue weighted by molar-refractivity contribution is 5.71. The quantitative estimate of drug-likeness (QED) is 0.0344. The molecule has 0 spiro atoms. The van der Waals surface area contributed by atoms with E-state index in [0.29, 0.717) is 19.3 Å². The standard InChI is InChI=1S/C58H112O6/c1-6-7-8-9-10-11-12-23-30-35-40-45-50-58(61)64-55(52-63-57(60)49-44-39-34-29-25-20-19-22-27-32-37-42-47-54(4)5)51-62-56(59)48-43-38-33-28-24-18-16-14-13-15-17-21-26-31-36-41-46-53(2)3/h53-55H,6-52H2,1-5H3/t55-/m1/s1. The third-order valence-electron chi connectivity index (χ3n) is 13.2. The van der Waals surface area contributed by atoms with Crippen LogP contribution in [0.5, 0.6) is 0 Å². The minimum atomic E-state index is -0.762. The average Bonchev–Trinajstić information content (AvgIpc) is 3.27. The number of ether oxygens (including phenoxy) is 3. The van der Waals surface area contributed by atoms with Gasteiger partial charge in [-0.25, -0.2) is 0 Å². The lowest BCUT2D eigenvalue weighted by atomic mass is 10.0. The van der Waals surface area contributed by atoms with Crippen molar-refractivity contribution in [2.45, 2.75) is 330 Å². The van der Waals surface area contributed by atoms with Crippen molar-refractivity contribution in [3.63, 3.8) is 0 Å². The summed E-state index contributed by atoms with van der Waals surface area (Å²) in [5.74, 6) is 0.847. The van der Waals surface area contributed by atoms with E-state index < -0.39 is 6.10 Å². The molecule has 0 unspecified atom stereocenters. The molecule has 0 radical (unpaired) electrons. The minimum absolute atomic E-state index is 0.0626. The van der Waals surface area contributed by atoms with E-state index in [1.54, 1.807) is 0 Å². The van der Waals surface area contributed by atoms with Crippen LogP contribution in [0.3, 0.4) is 0 Å². The van der Waals surface area contributed by atoms with Gasteiger partial charge in [-0.15, -0.1) is 0 Å². The summed E-state index contributed by atoms with van der Waals surface area (Å²) < 4.78 is 16.9. The summed E-state index contributed by atoms with van der Waals surface area (Å²) in [6.45, 7) is 11.4. The fraction of sp³-hybridized carbons (Fsp3) is 0.948. The van der Waals surface area contributed by atoms with Gasteiger partial charge in [-0.05, 0) is 31.1 Å². The zero-order valence-corrected chi connectivity index (χ0v) is 43.9. The SMILES string of the molecule is CCCCCCCCCCCCCCC(=O)O[C@H](COC(=O)CCCCCCCCCCCCCCCCCCC(C)C)COC(=O)CCCCCCCCCCCCCCC(C)C. The van der Waals surface area contributed by atoms with Crippen molar-refractivity contribution in [3.05, 3.63) is 0 Å². The lowest BCUT2D eigenvalue weighted by Crippen LogP contribution is -2.30. The van der Waals surface area contributed by atoms with E-state index in [9.17, 15) is 14.4 Å². The van der Waals surface area contributed by atoms with E-state index in [-0.39, 0.29) is 31.1 Å². The smallest absolute Gasteiger partial charge is 0.306 e. The second-order valence-electron chi connectivity index (χ2n) is 20.9. The predicted molar refractivity (Wildman–Crippen MR) is 275 cm³/mol. The molecule has 0 heterocycles. The first-order chi connectivity index (χ1) is 31.2. The molecule has 0 amide bonds. The van der Waals surface area contributed by atoms with E-state index in [0.717, 1.165) is 69.6 Å². The Kier molecular flexibility index (Phi) is 49.6. The van der Waals surface area contributed by atoms with Crippen LogP contribution in [0.2, 0.25) is 0 Å². The van der Waals surface area contributed by atoms with Crippen molar-refractivity contribution in [2.75, 3.05) is 13.2 Å². The second kappa shape index (κ2) is 50.8. The van der Waals surface area contributed by atoms with Crippen molar-refractivity contribution in [1.82, 2.24) is 0 Å². The number of hydrogen-bond acceptors (Lipinski definition) is 6. The van der Waals surface area contributed by atoms with Crippen LogP contribution in [0.1, 0.15) is 324 Å². The van der Waals surface area contributed by atoms with Gasteiger partial charge in [0.15, 0.2) is 6.10 Å². The fourth-order valence-corrected chi connectivity index (χ4v) is 8.87. The summed E-state index contributed by atoms with van der Waals surface area (Å²) in [6.07, 6.45) is 53.8. The molecule has 64 heavy (non-hydrogen) atoms. The van der Waals surface area contributed by atoms with Crippen LogP contribution in [0.25, 0.3) is 0 Å². The molecule has 6 heteroatoms. The first kappa shape index (κ1) is 62.4. The van der Waals surface area contributed by atoms with Gasteiger partial charge >= 0.3 is 17.9 Å². The normalized spacial score (nSPS) is 12.0. The number of esters is 3. The Balaban J connectivity index is 4.25. The van der Waals surface area contributed by atoms with Gasteiger partial charge in [-0.1, -0.05) is 285 Å². The molecule has 6 nitrogen and oxygen atoms in total. The van der Waals surface area contributed by atoms with Crippen LogP contribution < -0.4 is 0 Å². The highest BCUT2D eigenvalue weighted by Crippen LogP contribution is 2.18. The molecule has 0 fully saturated rings. The molecule has 0 N–H and O–H groups in total. The fourth-order valence-electron chi connectivity index (χ4n) is 8.87. The molecule has 0 aliphatic rings. The molecular weight excluding hydrogens is 793 g/mol. The Morgan fingerprint density at radius 2 is 0.516 bits per heavy atom. The first-order valence-corrected chi connectivity index (χ1v) is 28.7. The van der Waals surface area contributed by atoms with E-state index in [1.807, 2.05) is 0 Å². The van der Waals surface area contributed by atoms with Crippen molar-refractivity contribution >= 4 is 17.9 Å². The number of rotatable bonds is 52. The highest BCUT2D eigenvalue weighted by atomic mass is 16.6. The molecule has 380 valence electrons. The lowest BCUT2D eigenvalue weighted by Gasteiger charge is -2.18. The van der Waals surface area contributed by atoms with Crippen LogP contribution in [0.4, 0.5) is 0 Å². The molecule has 0 aromatic heterocycles. The Labute approximate surface area is 399 Å². The van der Waals surface area contributed by atoms with Crippen LogP contribution in [-0.4, -0.2) is 37.2 Å². The monoisotopic (exact) mass is 905 g/mol. The summed E-state index contributed by atoms with van der Waals surface area (Å²) >= 11 is 0. The summed E-state index contributed by atoms with van der Waals surface area (Å²) in [4.78, 5) is 38.1. The molecule has 0 aliphatic heterocycles. The van der Waals surface area contributed by atoms with Gasteiger partial charge in [0.05, 0.1) is 0 Å². The molecule has 0 saturated heterocycles. The zero-order valence-electron chi connectivity index (χ0n) is 43.9. The van der Waals surface area contributed by atoms with E-state index in [4.69, 9.17) is 14.2 Å². The van der Waals surface area contributed by atoms with Gasteiger partial charge in [-0.2, -0.15) is 0 Å².